The predicted molar refractivity (Wildman–Crippen MR) is 90.3 cm³/mol. The van der Waals surface area contributed by atoms with Crippen molar-refractivity contribution < 1.29 is 0 Å². The molecule has 1 aliphatic carbocycles. The Bertz CT molecular complexity index is 676. The first-order valence-corrected chi connectivity index (χ1v) is 8.26. The van der Waals surface area contributed by atoms with E-state index in [0.29, 0.717) is 11.7 Å². The second kappa shape index (κ2) is 5.76. The topological polar surface area (TPSA) is 51.8 Å². The monoisotopic (exact) mass is 345 g/mol. The molecule has 0 amide bonds. The van der Waals surface area contributed by atoms with Crippen molar-refractivity contribution in [2.75, 3.05) is 5.73 Å². The van der Waals surface area contributed by atoms with Crippen LogP contribution in [0.5, 0.6) is 0 Å². The van der Waals surface area contributed by atoms with E-state index in [1.54, 1.807) is 0 Å². The molecule has 0 saturated heterocycles. The van der Waals surface area contributed by atoms with Crippen molar-refractivity contribution in [3.8, 4) is 11.4 Å². The summed E-state index contributed by atoms with van der Waals surface area (Å²) in [6.07, 6.45) is 4.95. The molecule has 110 valence electrons. The lowest BCUT2D eigenvalue weighted by atomic mass is 10.0. The van der Waals surface area contributed by atoms with Gasteiger partial charge in [0.2, 0.25) is 0 Å². The van der Waals surface area contributed by atoms with Gasteiger partial charge in [0, 0.05) is 11.5 Å². The molecule has 1 aliphatic rings. The highest BCUT2D eigenvalue weighted by Gasteiger charge is 2.23. The smallest absolute Gasteiger partial charge is 0.162 e. The van der Waals surface area contributed by atoms with Crippen LogP contribution in [0, 0.1) is 13.8 Å². The molecule has 2 aromatic rings. The summed E-state index contributed by atoms with van der Waals surface area (Å²) in [5.74, 6) is 1.80. The van der Waals surface area contributed by atoms with Crippen LogP contribution in [0.1, 0.15) is 48.4 Å². The second-order valence-electron chi connectivity index (χ2n) is 5.93. The van der Waals surface area contributed by atoms with Gasteiger partial charge in [0.15, 0.2) is 5.82 Å². The van der Waals surface area contributed by atoms with Gasteiger partial charge >= 0.3 is 0 Å². The standard InChI is InChI=1S/C17H20BrN3/c1-10-7-8-11(2)13(9-10)17-20-15(12-5-3-4-6-12)14(18)16(19)21-17/h7-9,12H,3-6H2,1-2H3,(H2,19,20,21). The molecule has 0 spiro atoms. The Balaban J connectivity index is 2.13. The van der Waals surface area contributed by atoms with E-state index in [-0.39, 0.29) is 0 Å². The summed E-state index contributed by atoms with van der Waals surface area (Å²) >= 11 is 3.58. The average molecular weight is 346 g/mol. The fraction of sp³-hybridized carbons (Fsp3) is 0.412. The van der Waals surface area contributed by atoms with E-state index in [2.05, 4.69) is 53.0 Å². The molecule has 1 saturated carbocycles. The van der Waals surface area contributed by atoms with Crippen molar-refractivity contribution in [3.63, 3.8) is 0 Å². The number of hydrogen-bond donors (Lipinski definition) is 1. The Morgan fingerprint density at radius 3 is 2.57 bits per heavy atom. The van der Waals surface area contributed by atoms with Gasteiger partial charge in [-0.3, -0.25) is 0 Å². The molecule has 1 fully saturated rings. The molecule has 3 rings (SSSR count). The first-order chi connectivity index (χ1) is 10.1. The number of aryl methyl sites for hydroxylation is 2. The van der Waals surface area contributed by atoms with Gasteiger partial charge in [0.05, 0.1) is 10.2 Å². The van der Waals surface area contributed by atoms with Crippen LogP contribution in [0.3, 0.4) is 0 Å². The number of aromatic nitrogens is 2. The summed E-state index contributed by atoms with van der Waals surface area (Å²) in [6, 6.07) is 6.36. The molecule has 0 atom stereocenters. The fourth-order valence-corrected chi connectivity index (χ4v) is 3.55. The number of halogens is 1. The minimum atomic E-state index is 0.508. The van der Waals surface area contributed by atoms with Gasteiger partial charge in [-0.15, -0.1) is 0 Å². The lowest BCUT2D eigenvalue weighted by molar-refractivity contribution is 0.691. The Morgan fingerprint density at radius 2 is 1.86 bits per heavy atom. The van der Waals surface area contributed by atoms with E-state index in [9.17, 15) is 0 Å². The molecule has 2 N–H and O–H groups in total. The van der Waals surface area contributed by atoms with Crippen molar-refractivity contribution in [1.29, 1.82) is 0 Å². The third-order valence-corrected chi connectivity index (χ3v) is 5.09. The molecule has 1 aromatic heterocycles. The van der Waals surface area contributed by atoms with Crippen LogP contribution in [-0.4, -0.2) is 9.97 Å². The Labute approximate surface area is 134 Å². The van der Waals surface area contributed by atoms with Crippen LogP contribution >= 0.6 is 15.9 Å². The minimum absolute atomic E-state index is 0.508. The van der Waals surface area contributed by atoms with Crippen LogP contribution in [0.2, 0.25) is 0 Å². The zero-order valence-corrected chi connectivity index (χ0v) is 14.1. The third kappa shape index (κ3) is 2.82. The van der Waals surface area contributed by atoms with Crippen molar-refractivity contribution >= 4 is 21.7 Å². The van der Waals surface area contributed by atoms with Crippen molar-refractivity contribution in [3.05, 3.63) is 39.5 Å². The molecule has 1 heterocycles. The highest BCUT2D eigenvalue weighted by atomic mass is 79.9. The number of hydrogen-bond acceptors (Lipinski definition) is 3. The molecule has 1 aromatic carbocycles. The maximum Gasteiger partial charge on any atom is 0.162 e. The van der Waals surface area contributed by atoms with Gasteiger partial charge < -0.3 is 5.73 Å². The van der Waals surface area contributed by atoms with Gasteiger partial charge in [-0.25, -0.2) is 9.97 Å². The molecule has 0 radical (unpaired) electrons. The zero-order chi connectivity index (χ0) is 15.0. The van der Waals surface area contributed by atoms with Crippen LogP contribution in [-0.2, 0) is 0 Å². The first kappa shape index (κ1) is 14.5. The number of benzene rings is 1. The summed E-state index contributed by atoms with van der Waals surface area (Å²) < 4.78 is 0.878. The number of nitrogens with two attached hydrogens (primary N) is 1. The predicted octanol–water partition coefficient (Wildman–Crippen LogP) is 4.76. The molecular formula is C17H20BrN3. The van der Waals surface area contributed by atoms with Gasteiger partial charge in [-0.2, -0.15) is 0 Å². The first-order valence-electron chi connectivity index (χ1n) is 7.47. The molecule has 0 unspecified atom stereocenters. The molecular weight excluding hydrogens is 326 g/mol. The van der Waals surface area contributed by atoms with E-state index in [4.69, 9.17) is 10.7 Å². The summed E-state index contributed by atoms with van der Waals surface area (Å²) in [5, 5.41) is 0. The number of nitrogen functional groups attached to an aromatic ring is 1. The summed E-state index contributed by atoms with van der Waals surface area (Å²) in [6.45, 7) is 4.18. The zero-order valence-electron chi connectivity index (χ0n) is 12.5. The van der Waals surface area contributed by atoms with Gasteiger partial charge in [-0.1, -0.05) is 30.5 Å². The van der Waals surface area contributed by atoms with Crippen LogP contribution in [0.25, 0.3) is 11.4 Å². The molecule has 3 nitrogen and oxygen atoms in total. The number of anilines is 1. The number of nitrogens with zero attached hydrogens (tertiary/aromatic N) is 2. The van der Waals surface area contributed by atoms with Gasteiger partial charge in [-0.05, 0) is 54.2 Å². The highest BCUT2D eigenvalue weighted by Crippen LogP contribution is 2.39. The highest BCUT2D eigenvalue weighted by molar-refractivity contribution is 9.10. The Hall–Kier alpha value is -1.42. The normalized spacial score (nSPS) is 15.6. The average Bonchev–Trinajstić information content (AvgIpc) is 2.98. The van der Waals surface area contributed by atoms with Crippen molar-refractivity contribution in [2.45, 2.75) is 45.4 Å². The summed E-state index contributed by atoms with van der Waals surface area (Å²) in [4.78, 5) is 9.35. The molecule has 0 aliphatic heterocycles. The van der Waals surface area contributed by atoms with Crippen LogP contribution < -0.4 is 5.73 Å². The maximum atomic E-state index is 6.12. The lowest BCUT2D eigenvalue weighted by Gasteiger charge is -2.15. The second-order valence-corrected chi connectivity index (χ2v) is 6.72. The van der Waals surface area contributed by atoms with Crippen molar-refractivity contribution in [2.24, 2.45) is 0 Å². The maximum absolute atomic E-state index is 6.12. The van der Waals surface area contributed by atoms with Gasteiger partial charge in [0.25, 0.3) is 0 Å². The van der Waals surface area contributed by atoms with E-state index in [0.717, 1.165) is 21.6 Å². The SMILES string of the molecule is Cc1ccc(C)c(-c2nc(N)c(Br)c(C3CCCC3)n2)c1. The lowest BCUT2D eigenvalue weighted by Crippen LogP contribution is -2.06. The third-order valence-electron chi connectivity index (χ3n) is 4.28. The van der Waals surface area contributed by atoms with Crippen LogP contribution in [0.15, 0.2) is 22.7 Å². The minimum Gasteiger partial charge on any atom is -0.383 e. The summed E-state index contributed by atoms with van der Waals surface area (Å²) in [5.41, 5.74) is 10.7. The quantitative estimate of drug-likeness (QED) is 0.853. The summed E-state index contributed by atoms with van der Waals surface area (Å²) in [7, 11) is 0. The Kier molecular flexibility index (Phi) is 3.98. The van der Waals surface area contributed by atoms with E-state index < -0.39 is 0 Å². The van der Waals surface area contributed by atoms with Gasteiger partial charge in [0.1, 0.15) is 5.82 Å². The molecule has 0 bridgehead atoms. The van der Waals surface area contributed by atoms with E-state index >= 15 is 0 Å². The van der Waals surface area contributed by atoms with Crippen LogP contribution in [0.4, 0.5) is 5.82 Å². The molecule has 4 heteroatoms. The Morgan fingerprint density at radius 1 is 1.14 bits per heavy atom. The fourth-order valence-electron chi connectivity index (χ4n) is 3.05. The van der Waals surface area contributed by atoms with E-state index in [1.165, 1.54) is 36.8 Å². The van der Waals surface area contributed by atoms with Crippen molar-refractivity contribution in [1.82, 2.24) is 9.97 Å². The number of rotatable bonds is 2. The van der Waals surface area contributed by atoms with E-state index in [1.807, 2.05) is 0 Å². The largest absolute Gasteiger partial charge is 0.383 e. The molecule has 21 heavy (non-hydrogen) atoms.